The summed E-state index contributed by atoms with van der Waals surface area (Å²) in [5.41, 5.74) is 1.90. The maximum atomic E-state index is 5.94. The first-order valence-electron chi connectivity index (χ1n) is 8.31. The number of hydrogen-bond acceptors (Lipinski definition) is 7. The van der Waals surface area contributed by atoms with Gasteiger partial charge in [0.15, 0.2) is 5.82 Å². The normalized spacial score (nSPS) is 20.1. The summed E-state index contributed by atoms with van der Waals surface area (Å²) in [5, 5.41) is 11.5. The fraction of sp³-hybridized carbons (Fsp3) is 0.412. The van der Waals surface area contributed by atoms with Crippen molar-refractivity contribution in [1.82, 2.24) is 24.9 Å². The third-order valence-corrected chi connectivity index (χ3v) is 4.46. The molecule has 25 heavy (non-hydrogen) atoms. The van der Waals surface area contributed by atoms with Gasteiger partial charge in [0, 0.05) is 38.5 Å². The fourth-order valence-corrected chi connectivity index (χ4v) is 3.19. The third-order valence-electron chi connectivity index (χ3n) is 4.46. The van der Waals surface area contributed by atoms with Crippen LogP contribution in [0, 0.1) is 12.8 Å². The van der Waals surface area contributed by atoms with E-state index in [0.29, 0.717) is 17.6 Å². The maximum Gasteiger partial charge on any atom is 0.261 e. The van der Waals surface area contributed by atoms with Crippen molar-refractivity contribution in [2.75, 3.05) is 18.5 Å². The van der Waals surface area contributed by atoms with Gasteiger partial charge in [-0.2, -0.15) is 10.1 Å². The average Bonchev–Trinajstić information content (AvgIpc) is 3.34. The van der Waals surface area contributed by atoms with E-state index in [1.807, 2.05) is 29.9 Å². The topological polar surface area (TPSA) is 90.9 Å². The second kappa shape index (κ2) is 6.64. The molecule has 0 saturated carbocycles. The zero-order valence-electron chi connectivity index (χ0n) is 14.2. The summed E-state index contributed by atoms with van der Waals surface area (Å²) in [4.78, 5) is 8.73. The van der Waals surface area contributed by atoms with Crippen molar-refractivity contribution in [3.05, 3.63) is 42.1 Å². The molecule has 0 spiro atoms. The molecule has 130 valence electrons. The van der Waals surface area contributed by atoms with Gasteiger partial charge in [-0.1, -0.05) is 5.16 Å². The first-order valence-corrected chi connectivity index (χ1v) is 8.31. The van der Waals surface area contributed by atoms with Gasteiger partial charge in [-0.05, 0) is 31.5 Å². The molecule has 0 aliphatic carbocycles. The molecular formula is C17H20N6O2. The highest BCUT2D eigenvalue weighted by molar-refractivity contribution is 5.68. The van der Waals surface area contributed by atoms with Gasteiger partial charge in [0.1, 0.15) is 11.9 Å². The number of rotatable bonds is 5. The van der Waals surface area contributed by atoms with Gasteiger partial charge in [-0.3, -0.25) is 4.68 Å². The second-order valence-electron chi connectivity index (χ2n) is 6.15. The molecule has 1 fully saturated rings. The molecule has 0 unspecified atom stereocenters. The Morgan fingerprint density at radius 2 is 2.24 bits per heavy atom. The van der Waals surface area contributed by atoms with Crippen molar-refractivity contribution < 1.29 is 9.26 Å². The molecule has 0 aromatic carbocycles. The van der Waals surface area contributed by atoms with Gasteiger partial charge in [-0.25, -0.2) is 4.98 Å². The number of nitrogens with zero attached hydrogens (tertiary/aromatic N) is 5. The number of aromatic nitrogens is 5. The second-order valence-corrected chi connectivity index (χ2v) is 6.15. The molecule has 3 aromatic rings. The number of pyridine rings is 1. The minimum atomic E-state index is 0.0396. The molecule has 2 atom stereocenters. The van der Waals surface area contributed by atoms with E-state index in [9.17, 15) is 0 Å². The van der Waals surface area contributed by atoms with Gasteiger partial charge in [0.05, 0.1) is 11.3 Å². The number of hydrogen-bond donors (Lipinski definition) is 1. The van der Waals surface area contributed by atoms with Crippen LogP contribution in [0.5, 0.6) is 0 Å². The monoisotopic (exact) mass is 340 g/mol. The fourth-order valence-electron chi connectivity index (χ4n) is 3.19. The number of anilines is 1. The summed E-state index contributed by atoms with van der Waals surface area (Å²) in [7, 11) is 1.94. The maximum absolute atomic E-state index is 5.94. The predicted molar refractivity (Wildman–Crippen MR) is 90.8 cm³/mol. The van der Waals surface area contributed by atoms with E-state index in [1.54, 1.807) is 19.3 Å². The molecule has 8 nitrogen and oxygen atoms in total. The molecule has 1 saturated heterocycles. The van der Waals surface area contributed by atoms with Crippen LogP contribution in [0.25, 0.3) is 11.5 Å². The highest BCUT2D eigenvalue weighted by Crippen LogP contribution is 2.34. The Hall–Kier alpha value is -2.74. The quantitative estimate of drug-likeness (QED) is 0.762. The van der Waals surface area contributed by atoms with Crippen molar-refractivity contribution in [2.45, 2.75) is 19.4 Å². The molecular weight excluding hydrogens is 320 g/mol. The van der Waals surface area contributed by atoms with Crippen molar-refractivity contribution in [3.8, 4) is 11.5 Å². The molecule has 4 heterocycles. The third kappa shape index (κ3) is 3.12. The highest BCUT2D eigenvalue weighted by Gasteiger charge is 2.31. The summed E-state index contributed by atoms with van der Waals surface area (Å²) in [6.07, 6.45) is 4.58. The number of nitrogens with one attached hydrogen (secondary N) is 1. The van der Waals surface area contributed by atoms with Crippen LogP contribution in [0.2, 0.25) is 0 Å². The Kier molecular flexibility index (Phi) is 4.19. The molecule has 1 N–H and O–H groups in total. The SMILES string of the molecule is Cc1noc(-c2cccnc2NC[C@@H]2CCO[C@H]2c2ccnn2C)n1. The largest absolute Gasteiger partial charge is 0.372 e. The average molecular weight is 340 g/mol. The van der Waals surface area contributed by atoms with Crippen LogP contribution < -0.4 is 5.32 Å². The first-order chi connectivity index (χ1) is 12.2. The predicted octanol–water partition coefficient (Wildman–Crippen LogP) is 2.36. The lowest BCUT2D eigenvalue weighted by Crippen LogP contribution is -2.20. The Morgan fingerprint density at radius 3 is 3.00 bits per heavy atom. The Bertz CT molecular complexity index is 858. The number of aryl methyl sites for hydroxylation is 2. The molecule has 0 amide bonds. The molecule has 1 aliphatic heterocycles. The van der Waals surface area contributed by atoms with Gasteiger partial charge < -0.3 is 14.6 Å². The van der Waals surface area contributed by atoms with Crippen LogP contribution in [0.15, 0.2) is 35.1 Å². The molecule has 0 radical (unpaired) electrons. The van der Waals surface area contributed by atoms with Gasteiger partial charge in [0.2, 0.25) is 0 Å². The van der Waals surface area contributed by atoms with Gasteiger partial charge >= 0.3 is 0 Å². The van der Waals surface area contributed by atoms with E-state index in [0.717, 1.165) is 36.6 Å². The van der Waals surface area contributed by atoms with E-state index >= 15 is 0 Å². The smallest absolute Gasteiger partial charge is 0.261 e. The molecule has 0 bridgehead atoms. The zero-order chi connectivity index (χ0) is 17.2. The Balaban J connectivity index is 1.51. The summed E-state index contributed by atoms with van der Waals surface area (Å²) < 4.78 is 13.1. The van der Waals surface area contributed by atoms with E-state index < -0.39 is 0 Å². The summed E-state index contributed by atoms with van der Waals surface area (Å²) in [6.45, 7) is 3.29. The summed E-state index contributed by atoms with van der Waals surface area (Å²) >= 11 is 0. The van der Waals surface area contributed by atoms with Crippen molar-refractivity contribution in [2.24, 2.45) is 13.0 Å². The van der Waals surface area contributed by atoms with E-state index in [1.165, 1.54) is 0 Å². The Labute approximate surface area is 145 Å². The minimum Gasteiger partial charge on any atom is -0.372 e. The lowest BCUT2D eigenvalue weighted by molar-refractivity contribution is 0.0866. The van der Waals surface area contributed by atoms with Crippen LogP contribution in [0.1, 0.15) is 24.0 Å². The van der Waals surface area contributed by atoms with Crippen molar-refractivity contribution in [3.63, 3.8) is 0 Å². The lowest BCUT2D eigenvalue weighted by atomic mass is 9.99. The van der Waals surface area contributed by atoms with Crippen LogP contribution in [0.3, 0.4) is 0 Å². The van der Waals surface area contributed by atoms with Crippen LogP contribution in [0.4, 0.5) is 5.82 Å². The van der Waals surface area contributed by atoms with Crippen LogP contribution in [-0.4, -0.2) is 38.1 Å². The van der Waals surface area contributed by atoms with E-state index in [-0.39, 0.29) is 6.10 Å². The molecule has 4 rings (SSSR count). The number of ether oxygens (including phenoxy) is 1. The zero-order valence-corrected chi connectivity index (χ0v) is 14.2. The molecule has 1 aliphatic rings. The lowest BCUT2D eigenvalue weighted by Gasteiger charge is -2.20. The standard InChI is InChI=1S/C17H20N6O2/c1-11-21-17(25-22-11)13-4-3-7-18-16(13)19-10-12-6-9-24-15(12)14-5-8-20-23(14)2/h3-5,7-8,12,15H,6,9-10H2,1-2H3,(H,18,19)/t12-,15+/m0/s1. The Morgan fingerprint density at radius 1 is 1.32 bits per heavy atom. The minimum absolute atomic E-state index is 0.0396. The summed E-state index contributed by atoms with van der Waals surface area (Å²) in [6, 6.07) is 5.79. The van der Waals surface area contributed by atoms with Crippen LogP contribution in [-0.2, 0) is 11.8 Å². The van der Waals surface area contributed by atoms with Crippen molar-refractivity contribution >= 4 is 5.82 Å². The molecule has 8 heteroatoms. The summed E-state index contributed by atoms with van der Waals surface area (Å²) in [5.74, 6) is 2.15. The molecule has 3 aromatic heterocycles. The van der Waals surface area contributed by atoms with Gasteiger partial charge in [-0.15, -0.1) is 0 Å². The van der Waals surface area contributed by atoms with E-state index in [2.05, 4.69) is 25.5 Å². The van der Waals surface area contributed by atoms with Crippen LogP contribution >= 0.6 is 0 Å². The van der Waals surface area contributed by atoms with E-state index in [4.69, 9.17) is 9.26 Å². The first kappa shape index (κ1) is 15.8. The van der Waals surface area contributed by atoms with Gasteiger partial charge in [0.25, 0.3) is 5.89 Å². The van der Waals surface area contributed by atoms with Crippen molar-refractivity contribution in [1.29, 1.82) is 0 Å². The highest BCUT2D eigenvalue weighted by atomic mass is 16.5.